The quantitative estimate of drug-likeness (QED) is 0.610. The first-order chi connectivity index (χ1) is 6.63. The molecule has 0 unspecified atom stereocenters. The van der Waals surface area contributed by atoms with E-state index in [0.717, 1.165) is 0 Å². The van der Waals surface area contributed by atoms with E-state index in [-0.39, 0.29) is 17.4 Å². The number of nitrogens with one attached hydrogen (secondary N) is 1. The molecule has 1 amide bonds. The highest BCUT2D eigenvalue weighted by Crippen LogP contribution is 2.23. The SMILES string of the molecule is CNC(=O)/C=C/c1ccc(O)cc1O. The van der Waals surface area contributed by atoms with E-state index in [0.29, 0.717) is 5.56 Å². The third-order valence-corrected chi connectivity index (χ3v) is 1.67. The first-order valence-electron chi connectivity index (χ1n) is 4.05. The molecule has 1 aromatic carbocycles. The molecule has 0 aliphatic rings. The molecule has 3 N–H and O–H groups in total. The summed E-state index contributed by atoms with van der Waals surface area (Å²) in [5.74, 6) is -0.331. The molecular formula is C10H11NO3. The van der Waals surface area contributed by atoms with Crippen LogP contribution in [0.2, 0.25) is 0 Å². The van der Waals surface area contributed by atoms with Crippen LogP contribution >= 0.6 is 0 Å². The van der Waals surface area contributed by atoms with Crippen LogP contribution in [0.5, 0.6) is 11.5 Å². The molecule has 0 saturated heterocycles. The van der Waals surface area contributed by atoms with Gasteiger partial charge in [0.1, 0.15) is 11.5 Å². The molecule has 0 bridgehead atoms. The lowest BCUT2D eigenvalue weighted by Crippen LogP contribution is -2.13. The van der Waals surface area contributed by atoms with Gasteiger partial charge in [-0.15, -0.1) is 0 Å². The van der Waals surface area contributed by atoms with E-state index >= 15 is 0 Å². The predicted molar refractivity (Wildman–Crippen MR) is 52.9 cm³/mol. The van der Waals surface area contributed by atoms with Crippen LogP contribution in [-0.4, -0.2) is 23.2 Å². The molecule has 0 aliphatic carbocycles. The molecule has 0 spiro atoms. The van der Waals surface area contributed by atoms with E-state index < -0.39 is 0 Å². The number of phenols is 2. The number of carbonyl (C=O) groups is 1. The minimum Gasteiger partial charge on any atom is -0.508 e. The average Bonchev–Trinajstić information content (AvgIpc) is 2.16. The molecule has 74 valence electrons. The summed E-state index contributed by atoms with van der Waals surface area (Å²) < 4.78 is 0. The minimum atomic E-state index is -0.252. The summed E-state index contributed by atoms with van der Waals surface area (Å²) >= 11 is 0. The summed E-state index contributed by atoms with van der Waals surface area (Å²) in [6.07, 6.45) is 2.76. The Morgan fingerprint density at radius 1 is 1.43 bits per heavy atom. The molecule has 0 aromatic heterocycles. The first-order valence-corrected chi connectivity index (χ1v) is 4.05. The zero-order valence-electron chi connectivity index (χ0n) is 7.69. The Hall–Kier alpha value is -1.97. The number of aromatic hydroxyl groups is 2. The van der Waals surface area contributed by atoms with Gasteiger partial charge in [0.15, 0.2) is 0 Å². The summed E-state index contributed by atoms with van der Waals surface area (Å²) in [5.41, 5.74) is 0.478. The fraction of sp³-hybridized carbons (Fsp3) is 0.100. The highest BCUT2D eigenvalue weighted by atomic mass is 16.3. The van der Waals surface area contributed by atoms with Crippen LogP contribution in [-0.2, 0) is 4.79 Å². The second-order valence-corrected chi connectivity index (χ2v) is 2.69. The zero-order valence-corrected chi connectivity index (χ0v) is 7.69. The number of hydrogen-bond donors (Lipinski definition) is 3. The van der Waals surface area contributed by atoms with Crippen LogP contribution < -0.4 is 5.32 Å². The molecule has 1 rings (SSSR count). The van der Waals surface area contributed by atoms with Crippen LogP contribution in [0, 0.1) is 0 Å². The van der Waals surface area contributed by atoms with Crippen molar-refractivity contribution in [3.63, 3.8) is 0 Å². The molecule has 0 fully saturated rings. The van der Waals surface area contributed by atoms with Crippen molar-refractivity contribution in [3.8, 4) is 11.5 Å². The number of amides is 1. The summed E-state index contributed by atoms with van der Waals surface area (Å²) in [5, 5.41) is 20.7. The van der Waals surface area contributed by atoms with Gasteiger partial charge in [-0.2, -0.15) is 0 Å². The molecule has 1 aromatic rings. The Balaban J connectivity index is 2.87. The lowest BCUT2D eigenvalue weighted by atomic mass is 10.2. The number of carbonyl (C=O) groups excluding carboxylic acids is 1. The average molecular weight is 193 g/mol. The summed E-state index contributed by atoms with van der Waals surface area (Å²) in [6.45, 7) is 0. The third kappa shape index (κ3) is 2.52. The number of rotatable bonds is 2. The van der Waals surface area contributed by atoms with Crippen molar-refractivity contribution in [2.75, 3.05) is 7.05 Å². The standard InChI is InChI=1S/C10H11NO3/c1-11-10(14)5-3-7-2-4-8(12)6-9(7)13/h2-6,12-13H,1H3,(H,11,14)/b5-3+. The van der Waals surface area contributed by atoms with Gasteiger partial charge in [-0.25, -0.2) is 0 Å². The number of hydrogen-bond acceptors (Lipinski definition) is 3. The summed E-state index contributed by atoms with van der Waals surface area (Å²) in [4.78, 5) is 10.8. The van der Waals surface area contributed by atoms with Crippen molar-refractivity contribution in [1.82, 2.24) is 5.32 Å². The Morgan fingerprint density at radius 3 is 2.71 bits per heavy atom. The van der Waals surface area contributed by atoms with Crippen molar-refractivity contribution >= 4 is 12.0 Å². The molecule has 0 atom stereocenters. The van der Waals surface area contributed by atoms with Crippen molar-refractivity contribution in [2.24, 2.45) is 0 Å². The van der Waals surface area contributed by atoms with Crippen molar-refractivity contribution in [2.45, 2.75) is 0 Å². The largest absolute Gasteiger partial charge is 0.508 e. The van der Waals surface area contributed by atoms with Gasteiger partial charge in [-0.3, -0.25) is 4.79 Å². The molecule has 0 saturated carbocycles. The molecule has 0 radical (unpaired) electrons. The van der Waals surface area contributed by atoms with Gasteiger partial charge < -0.3 is 15.5 Å². The number of phenolic OH excluding ortho intramolecular Hbond substituents is 2. The molecular weight excluding hydrogens is 182 g/mol. The van der Waals surface area contributed by atoms with Crippen LogP contribution in [0.25, 0.3) is 6.08 Å². The second kappa shape index (κ2) is 4.32. The van der Waals surface area contributed by atoms with Gasteiger partial charge >= 0.3 is 0 Å². The fourth-order valence-corrected chi connectivity index (χ4v) is 0.922. The lowest BCUT2D eigenvalue weighted by Gasteiger charge is -1.99. The predicted octanol–water partition coefficient (Wildman–Crippen LogP) is 0.857. The van der Waals surface area contributed by atoms with Gasteiger partial charge in [0.25, 0.3) is 0 Å². The Labute approximate surface area is 81.5 Å². The van der Waals surface area contributed by atoms with Crippen molar-refractivity contribution in [1.29, 1.82) is 0 Å². The monoisotopic (exact) mass is 193 g/mol. The number of benzene rings is 1. The van der Waals surface area contributed by atoms with Gasteiger partial charge in [-0.1, -0.05) is 0 Å². The molecule has 14 heavy (non-hydrogen) atoms. The lowest BCUT2D eigenvalue weighted by molar-refractivity contribution is -0.115. The van der Waals surface area contributed by atoms with Crippen molar-refractivity contribution < 1.29 is 15.0 Å². The smallest absolute Gasteiger partial charge is 0.243 e. The highest BCUT2D eigenvalue weighted by molar-refractivity contribution is 5.91. The zero-order chi connectivity index (χ0) is 10.6. The molecule has 0 heterocycles. The summed E-state index contributed by atoms with van der Waals surface area (Å²) in [7, 11) is 1.52. The summed E-state index contributed by atoms with van der Waals surface area (Å²) in [6, 6.07) is 4.16. The van der Waals surface area contributed by atoms with Gasteiger partial charge in [-0.05, 0) is 18.2 Å². The van der Waals surface area contributed by atoms with E-state index in [1.54, 1.807) is 0 Å². The number of likely N-dealkylation sites (N-methyl/N-ethyl adjacent to an activating group) is 1. The second-order valence-electron chi connectivity index (χ2n) is 2.69. The minimum absolute atomic E-state index is 0.0143. The highest BCUT2D eigenvalue weighted by Gasteiger charge is 1.98. The Bertz CT molecular complexity index is 372. The Morgan fingerprint density at radius 2 is 2.14 bits per heavy atom. The molecule has 4 nitrogen and oxygen atoms in total. The topological polar surface area (TPSA) is 69.6 Å². The third-order valence-electron chi connectivity index (χ3n) is 1.67. The van der Waals surface area contributed by atoms with Gasteiger partial charge in [0, 0.05) is 24.8 Å². The van der Waals surface area contributed by atoms with Crippen LogP contribution in [0.15, 0.2) is 24.3 Å². The van der Waals surface area contributed by atoms with E-state index in [4.69, 9.17) is 5.11 Å². The molecule has 0 aliphatic heterocycles. The van der Waals surface area contributed by atoms with E-state index in [2.05, 4.69) is 5.32 Å². The normalized spacial score (nSPS) is 10.4. The maximum Gasteiger partial charge on any atom is 0.243 e. The van der Waals surface area contributed by atoms with E-state index in [1.165, 1.54) is 37.4 Å². The molecule has 4 heteroatoms. The first kappa shape index (κ1) is 10.1. The van der Waals surface area contributed by atoms with Crippen LogP contribution in [0.4, 0.5) is 0 Å². The fourth-order valence-electron chi connectivity index (χ4n) is 0.922. The van der Waals surface area contributed by atoms with E-state index in [1.807, 2.05) is 0 Å². The van der Waals surface area contributed by atoms with Crippen molar-refractivity contribution in [3.05, 3.63) is 29.8 Å². The maximum absolute atomic E-state index is 10.8. The maximum atomic E-state index is 10.8. The van der Waals surface area contributed by atoms with Crippen LogP contribution in [0.3, 0.4) is 0 Å². The van der Waals surface area contributed by atoms with Gasteiger partial charge in [0.05, 0.1) is 0 Å². The van der Waals surface area contributed by atoms with Gasteiger partial charge in [0.2, 0.25) is 5.91 Å². The van der Waals surface area contributed by atoms with E-state index in [9.17, 15) is 9.90 Å². The van der Waals surface area contributed by atoms with Crippen LogP contribution in [0.1, 0.15) is 5.56 Å². The Kier molecular flexibility index (Phi) is 3.12.